The summed E-state index contributed by atoms with van der Waals surface area (Å²) in [5.74, 6) is 2.61. The van der Waals surface area contributed by atoms with Crippen LogP contribution in [0.3, 0.4) is 0 Å². The van der Waals surface area contributed by atoms with Crippen molar-refractivity contribution in [2.75, 3.05) is 6.61 Å². The zero-order valence-electron chi connectivity index (χ0n) is 16.3. The largest absolute Gasteiger partial charge is 0.478 e. The Morgan fingerprint density at radius 2 is 1.69 bits per heavy atom. The Labute approximate surface area is 169 Å². The van der Waals surface area contributed by atoms with Gasteiger partial charge >= 0.3 is 11.9 Å². The second-order valence-corrected chi connectivity index (χ2v) is 6.53. The number of carbonyl (C=O) groups excluding carboxylic acids is 1. The summed E-state index contributed by atoms with van der Waals surface area (Å²) in [6, 6.07) is 18.3. The molecule has 2 aromatic carbocycles. The second-order valence-electron chi connectivity index (χ2n) is 6.53. The number of nitrogens with zero attached hydrogens (tertiary/aromatic N) is 1. The summed E-state index contributed by atoms with van der Waals surface area (Å²) >= 11 is 0. The van der Waals surface area contributed by atoms with Crippen LogP contribution in [-0.4, -0.2) is 29.4 Å². The van der Waals surface area contributed by atoms with Crippen molar-refractivity contribution in [3.8, 4) is 11.8 Å². The van der Waals surface area contributed by atoms with Crippen LogP contribution in [0.4, 0.5) is 0 Å². The molecule has 1 N–H and O–H groups in total. The lowest BCUT2D eigenvalue weighted by Crippen LogP contribution is -2.36. The highest BCUT2D eigenvalue weighted by molar-refractivity contribution is 6.10. The highest BCUT2D eigenvalue weighted by Gasteiger charge is 2.41. The van der Waals surface area contributed by atoms with Gasteiger partial charge in [-0.25, -0.2) is 4.79 Å². The topological polar surface area (TPSA) is 76.0 Å². The van der Waals surface area contributed by atoms with Gasteiger partial charge in [0.15, 0.2) is 0 Å². The molecule has 5 nitrogen and oxygen atoms in total. The standard InChI is InChI=1S/C24H21NO4/c1-3-29-24(28)20-16(2)25-22(18-12-8-5-9-13-18)21(23(26)27)19(20)15-14-17-10-6-4-7-11-17/h4-13,19-20H,3H2,1-2H3,(H,26,27). The zero-order chi connectivity index (χ0) is 20.8. The molecule has 0 saturated carbocycles. The smallest absolute Gasteiger partial charge is 0.335 e. The molecule has 1 heterocycles. The number of rotatable bonds is 4. The summed E-state index contributed by atoms with van der Waals surface area (Å²) in [5.41, 5.74) is 2.21. The molecule has 2 atom stereocenters. The lowest BCUT2D eigenvalue weighted by atomic mass is 9.79. The lowest BCUT2D eigenvalue weighted by molar-refractivity contribution is -0.146. The molecule has 0 aromatic heterocycles. The Morgan fingerprint density at radius 1 is 1.07 bits per heavy atom. The zero-order valence-corrected chi connectivity index (χ0v) is 16.3. The van der Waals surface area contributed by atoms with Crippen LogP contribution < -0.4 is 0 Å². The molecule has 0 aliphatic carbocycles. The normalized spacial score (nSPS) is 18.3. The van der Waals surface area contributed by atoms with Crippen molar-refractivity contribution in [3.63, 3.8) is 0 Å². The van der Waals surface area contributed by atoms with Gasteiger partial charge in [-0.05, 0) is 26.0 Å². The fourth-order valence-corrected chi connectivity index (χ4v) is 3.29. The third-order valence-corrected chi connectivity index (χ3v) is 4.60. The van der Waals surface area contributed by atoms with Crippen LogP contribution in [0.1, 0.15) is 25.0 Å². The summed E-state index contributed by atoms with van der Waals surface area (Å²) in [5, 5.41) is 10.0. The Balaban J connectivity index is 2.19. The Morgan fingerprint density at radius 3 is 2.28 bits per heavy atom. The maximum Gasteiger partial charge on any atom is 0.335 e. The van der Waals surface area contributed by atoms with Crippen LogP contribution in [-0.2, 0) is 14.3 Å². The third kappa shape index (κ3) is 4.44. The van der Waals surface area contributed by atoms with Crippen molar-refractivity contribution in [1.82, 2.24) is 0 Å². The molecule has 0 fully saturated rings. The van der Waals surface area contributed by atoms with Gasteiger partial charge in [-0.3, -0.25) is 9.79 Å². The van der Waals surface area contributed by atoms with Gasteiger partial charge in [0, 0.05) is 16.8 Å². The van der Waals surface area contributed by atoms with Gasteiger partial charge in [-0.15, -0.1) is 0 Å². The van der Waals surface area contributed by atoms with Crippen molar-refractivity contribution < 1.29 is 19.4 Å². The van der Waals surface area contributed by atoms with E-state index in [1.165, 1.54) is 0 Å². The molecule has 0 amide bonds. The highest BCUT2D eigenvalue weighted by atomic mass is 16.5. The number of esters is 1. The number of carboxylic acid groups (broad SMARTS) is 1. The quantitative estimate of drug-likeness (QED) is 0.639. The summed E-state index contributed by atoms with van der Waals surface area (Å²) in [7, 11) is 0. The van der Waals surface area contributed by atoms with Gasteiger partial charge < -0.3 is 9.84 Å². The van der Waals surface area contributed by atoms with Gasteiger partial charge in [-0.2, -0.15) is 0 Å². The first kappa shape index (κ1) is 20.1. The van der Waals surface area contributed by atoms with Crippen LogP contribution >= 0.6 is 0 Å². The van der Waals surface area contributed by atoms with E-state index in [1.807, 2.05) is 48.5 Å². The number of aliphatic carboxylic acids is 1. The summed E-state index contributed by atoms with van der Waals surface area (Å²) in [6.07, 6.45) is 0. The Kier molecular flexibility index (Phi) is 6.25. The number of carbonyl (C=O) groups is 2. The molecule has 1 aliphatic heterocycles. The highest BCUT2D eigenvalue weighted by Crippen LogP contribution is 2.36. The van der Waals surface area contributed by atoms with Crippen molar-refractivity contribution in [3.05, 3.63) is 77.4 Å². The number of ether oxygens (including phenoxy) is 1. The number of benzene rings is 2. The molecule has 29 heavy (non-hydrogen) atoms. The fourth-order valence-electron chi connectivity index (χ4n) is 3.29. The summed E-state index contributed by atoms with van der Waals surface area (Å²) < 4.78 is 5.20. The van der Waals surface area contributed by atoms with E-state index in [-0.39, 0.29) is 12.2 Å². The number of aliphatic imine (C=N–C) groups is 1. The molecule has 3 rings (SSSR count). The first-order chi connectivity index (χ1) is 14.0. The second kappa shape index (κ2) is 9.03. The minimum Gasteiger partial charge on any atom is -0.478 e. The van der Waals surface area contributed by atoms with Crippen molar-refractivity contribution >= 4 is 23.3 Å². The molecule has 1 aliphatic rings. The summed E-state index contributed by atoms with van der Waals surface area (Å²) in [4.78, 5) is 29.4. The maximum absolute atomic E-state index is 12.7. The van der Waals surface area contributed by atoms with E-state index in [9.17, 15) is 14.7 Å². The maximum atomic E-state index is 12.7. The molecule has 5 heteroatoms. The number of carboxylic acids is 1. The molecule has 2 aromatic rings. The van der Waals surface area contributed by atoms with E-state index in [2.05, 4.69) is 16.8 Å². The first-order valence-electron chi connectivity index (χ1n) is 9.34. The molecule has 0 spiro atoms. The van der Waals surface area contributed by atoms with Gasteiger partial charge in [-0.1, -0.05) is 60.4 Å². The van der Waals surface area contributed by atoms with Crippen LogP contribution in [0.5, 0.6) is 0 Å². The van der Waals surface area contributed by atoms with E-state index in [0.29, 0.717) is 17.0 Å². The van der Waals surface area contributed by atoms with Crippen molar-refractivity contribution in [2.45, 2.75) is 13.8 Å². The van der Waals surface area contributed by atoms with E-state index in [4.69, 9.17) is 4.74 Å². The van der Waals surface area contributed by atoms with Gasteiger partial charge in [0.25, 0.3) is 0 Å². The summed E-state index contributed by atoms with van der Waals surface area (Å²) in [6.45, 7) is 3.61. The molecular formula is C24H21NO4. The molecule has 146 valence electrons. The Bertz CT molecular complexity index is 1030. The van der Waals surface area contributed by atoms with E-state index in [0.717, 1.165) is 5.56 Å². The molecular weight excluding hydrogens is 366 g/mol. The van der Waals surface area contributed by atoms with Crippen molar-refractivity contribution in [1.29, 1.82) is 0 Å². The monoisotopic (exact) mass is 387 g/mol. The molecule has 0 radical (unpaired) electrons. The first-order valence-corrected chi connectivity index (χ1v) is 9.34. The Hall–Kier alpha value is -3.65. The van der Waals surface area contributed by atoms with Crippen LogP contribution in [0, 0.1) is 23.7 Å². The van der Waals surface area contributed by atoms with E-state index < -0.39 is 23.8 Å². The number of hydrogen-bond acceptors (Lipinski definition) is 4. The average molecular weight is 387 g/mol. The van der Waals surface area contributed by atoms with Crippen molar-refractivity contribution in [2.24, 2.45) is 16.8 Å². The average Bonchev–Trinajstić information content (AvgIpc) is 2.73. The van der Waals surface area contributed by atoms with Crippen LogP contribution in [0.25, 0.3) is 5.70 Å². The van der Waals surface area contributed by atoms with Gasteiger partial charge in [0.05, 0.1) is 23.8 Å². The van der Waals surface area contributed by atoms with Gasteiger partial charge in [0.1, 0.15) is 5.92 Å². The third-order valence-electron chi connectivity index (χ3n) is 4.60. The predicted molar refractivity (Wildman–Crippen MR) is 111 cm³/mol. The number of hydrogen-bond donors (Lipinski definition) is 1. The molecule has 2 unspecified atom stereocenters. The lowest BCUT2D eigenvalue weighted by Gasteiger charge is -2.28. The minimum absolute atomic E-state index is 0.00304. The van der Waals surface area contributed by atoms with Crippen LogP contribution in [0.15, 0.2) is 71.2 Å². The van der Waals surface area contributed by atoms with E-state index >= 15 is 0 Å². The van der Waals surface area contributed by atoms with Gasteiger partial charge in [0.2, 0.25) is 0 Å². The fraction of sp³-hybridized carbons (Fsp3) is 0.208. The predicted octanol–water partition coefficient (Wildman–Crippen LogP) is 3.80. The molecule has 0 saturated heterocycles. The van der Waals surface area contributed by atoms with Crippen LogP contribution in [0.2, 0.25) is 0 Å². The molecule has 0 bridgehead atoms. The van der Waals surface area contributed by atoms with E-state index in [1.54, 1.807) is 26.0 Å². The SMILES string of the molecule is CCOC(=O)C1C(C)=NC(c2ccccc2)=C(C(=O)O)C1C#Cc1ccccc1. The minimum atomic E-state index is -1.15.